The highest BCUT2D eigenvalue weighted by molar-refractivity contribution is 7.77. The van der Waals surface area contributed by atoms with Crippen molar-refractivity contribution in [3.05, 3.63) is 62.4 Å². The van der Waals surface area contributed by atoms with Crippen LogP contribution in [0.2, 0.25) is 0 Å². The van der Waals surface area contributed by atoms with E-state index in [0.717, 1.165) is 18.1 Å². The minimum atomic E-state index is 0.422. The molecule has 1 aromatic carbocycles. The molecule has 0 aliphatic heterocycles. The number of benzene rings is 1. The van der Waals surface area contributed by atoms with Gasteiger partial charge in [-0.1, -0.05) is 50.9 Å². The van der Waals surface area contributed by atoms with E-state index in [9.17, 15) is 0 Å². The average molecular weight is 415 g/mol. The highest BCUT2D eigenvalue weighted by Gasteiger charge is 2.29. The van der Waals surface area contributed by atoms with Crippen LogP contribution in [0.3, 0.4) is 0 Å². The minimum absolute atomic E-state index is 0.422. The molecule has 27 heavy (non-hydrogen) atoms. The molecule has 0 spiro atoms. The molecule has 1 aliphatic carbocycles. The van der Waals surface area contributed by atoms with Crippen molar-refractivity contribution in [2.45, 2.75) is 53.1 Å². The molecule has 0 radical (unpaired) electrons. The Morgan fingerprint density at radius 1 is 1.22 bits per heavy atom. The molecule has 2 heterocycles. The second-order valence-electron chi connectivity index (χ2n) is 8.20. The highest BCUT2D eigenvalue weighted by Crippen LogP contribution is 2.45. The van der Waals surface area contributed by atoms with Gasteiger partial charge in [-0.15, -0.1) is 22.7 Å². The number of rotatable bonds is 5. The SMILES string of the molecule is Cc1c(-c2ccccc2CN(S)Cc2nccs2)sc2c1CC(C)(C)CC2. The van der Waals surface area contributed by atoms with E-state index < -0.39 is 0 Å². The van der Waals surface area contributed by atoms with Gasteiger partial charge in [-0.2, -0.15) is 0 Å². The lowest BCUT2D eigenvalue weighted by Gasteiger charge is -2.29. The Labute approximate surface area is 175 Å². The molecule has 3 aromatic rings. The van der Waals surface area contributed by atoms with Crippen LogP contribution in [0.25, 0.3) is 10.4 Å². The smallest absolute Gasteiger partial charge is 0.108 e. The molecule has 0 fully saturated rings. The third kappa shape index (κ3) is 4.16. The lowest BCUT2D eigenvalue weighted by Crippen LogP contribution is -2.21. The van der Waals surface area contributed by atoms with Crippen LogP contribution in [0.1, 0.15) is 46.8 Å². The Bertz CT molecular complexity index is 925. The van der Waals surface area contributed by atoms with Crippen molar-refractivity contribution in [3.8, 4) is 10.4 Å². The molecule has 1 aliphatic rings. The standard InChI is InChI=1S/C22H26N2S3/c1-15-18-12-22(2,3)9-8-19(18)27-21(15)17-7-5-4-6-16(17)13-24(25)14-20-23-10-11-26-20/h4-7,10-11,25H,8-9,12-14H2,1-3H3. The number of fused-ring (bicyclic) bond motifs is 1. The van der Waals surface area contributed by atoms with E-state index in [2.05, 4.69) is 54.3 Å². The lowest BCUT2D eigenvalue weighted by atomic mass is 9.76. The van der Waals surface area contributed by atoms with E-state index in [-0.39, 0.29) is 0 Å². The Kier molecular flexibility index (Phi) is 5.48. The Balaban J connectivity index is 1.63. The van der Waals surface area contributed by atoms with Gasteiger partial charge in [-0.05, 0) is 53.9 Å². The van der Waals surface area contributed by atoms with E-state index in [1.54, 1.807) is 21.8 Å². The molecule has 2 nitrogen and oxygen atoms in total. The van der Waals surface area contributed by atoms with Gasteiger partial charge in [0.25, 0.3) is 0 Å². The number of thiazole rings is 1. The fraction of sp³-hybridized carbons (Fsp3) is 0.409. The number of nitrogens with zero attached hydrogens (tertiary/aromatic N) is 2. The maximum absolute atomic E-state index is 4.71. The lowest BCUT2D eigenvalue weighted by molar-refractivity contribution is 0.317. The molecule has 0 N–H and O–H groups in total. The molecule has 2 aromatic heterocycles. The zero-order valence-electron chi connectivity index (χ0n) is 16.2. The number of hydrogen-bond donors (Lipinski definition) is 1. The van der Waals surface area contributed by atoms with Crippen LogP contribution in [0.15, 0.2) is 35.8 Å². The van der Waals surface area contributed by atoms with Crippen LogP contribution in [-0.4, -0.2) is 9.29 Å². The zero-order chi connectivity index (χ0) is 19.0. The summed E-state index contributed by atoms with van der Waals surface area (Å²) in [6.45, 7) is 8.70. The van der Waals surface area contributed by atoms with Gasteiger partial charge in [0, 0.05) is 27.9 Å². The fourth-order valence-corrected chi connectivity index (χ4v) is 6.33. The first-order valence-corrected chi connectivity index (χ1v) is 11.5. The van der Waals surface area contributed by atoms with Gasteiger partial charge in [-0.25, -0.2) is 9.29 Å². The van der Waals surface area contributed by atoms with Gasteiger partial charge in [-0.3, -0.25) is 0 Å². The maximum Gasteiger partial charge on any atom is 0.108 e. The maximum atomic E-state index is 4.71. The zero-order valence-corrected chi connectivity index (χ0v) is 18.7. The molecule has 142 valence electrons. The van der Waals surface area contributed by atoms with Crippen LogP contribution in [0.4, 0.5) is 0 Å². The van der Waals surface area contributed by atoms with Crippen molar-refractivity contribution in [2.75, 3.05) is 0 Å². The van der Waals surface area contributed by atoms with Gasteiger partial charge in [0.1, 0.15) is 5.01 Å². The largest absolute Gasteiger partial charge is 0.248 e. The van der Waals surface area contributed by atoms with Crippen LogP contribution < -0.4 is 0 Å². The molecule has 0 amide bonds. The predicted molar refractivity (Wildman–Crippen MR) is 121 cm³/mol. The summed E-state index contributed by atoms with van der Waals surface area (Å²) in [5, 5.41) is 3.12. The third-order valence-corrected chi connectivity index (χ3v) is 7.93. The minimum Gasteiger partial charge on any atom is -0.248 e. The molecule has 0 unspecified atom stereocenters. The molecule has 0 bridgehead atoms. The number of aromatic nitrogens is 1. The molecule has 4 rings (SSSR count). The first kappa shape index (κ1) is 19.2. The first-order valence-electron chi connectivity index (χ1n) is 9.44. The number of hydrogen-bond acceptors (Lipinski definition) is 5. The number of thiophene rings is 1. The summed E-state index contributed by atoms with van der Waals surface area (Å²) in [4.78, 5) is 7.43. The van der Waals surface area contributed by atoms with Crippen LogP contribution >= 0.6 is 35.5 Å². The summed E-state index contributed by atoms with van der Waals surface area (Å²) < 4.78 is 2.06. The van der Waals surface area contributed by atoms with Gasteiger partial charge in [0.2, 0.25) is 0 Å². The Morgan fingerprint density at radius 2 is 2.04 bits per heavy atom. The number of aryl methyl sites for hydroxylation is 1. The van der Waals surface area contributed by atoms with E-state index in [4.69, 9.17) is 12.8 Å². The molecular formula is C22H26N2S3. The normalized spacial score (nSPS) is 15.9. The fourth-order valence-electron chi connectivity index (χ4n) is 3.94. The van der Waals surface area contributed by atoms with E-state index in [0.29, 0.717) is 5.41 Å². The van der Waals surface area contributed by atoms with Crippen LogP contribution in [0.5, 0.6) is 0 Å². The van der Waals surface area contributed by atoms with Crippen LogP contribution in [0, 0.1) is 12.3 Å². The number of thiol groups is 1. The van der Waals surface area contributed by atoms with Crippen molar-refractivity contribution in [1.29, 1.82) is 0 Å². The van der Waals surface area contributed by atoms with Crippen molar-refractivity contribution >= 4 is 35.5 Å². The molecule has 5 heteroatoms. The summed E-state index contributed by atoms with van der Waals surface area (Å²) in [6.07, 6.45) is 5.57. The summed E-state index contributed by atoms with van der Waals surface area (Å²) in [7, 11) is 0. The van der Waals surface area contributed by atoms with Crippen molar-refractivity contribution in [1.82, 2.24) is 9.29 Å². The molecular weight excluding hydrogens is 388 g/mol. The van der Waals surface area contributed by atoms with Gasteiger partial charge >= 0.3 is 0 Å². The van der Waals surface area contributed by atoms with E-state index in [1.165, 1.54) is 40.8 Å². The highest BCUT2D eigenvalue weighted by atomic mass is 32.1. The summed E-state index contributed by atoms with van der Waals surface area (Å²) in [6, 6.07) is 8.80. The molecule has 0 atom stereocenters. The summed E-state index contributed by atoms with van der Waals surface area (Å²) in [5.41, 5.74) is 6.22. The van der Waals surface area contributed by atoms with E-state index >= 15 is 0 Å². The Hall–Kier alpha value is -1.14. The average Bonchev–Trinajstić information content (AvgIpc) is 3.23. The molecule has 0 saturated heterocycles. The topological polar surface area (TPSA) is 16.1 Å². The summed E-state index contributed by atoms with van der Waals surface area (Å²) in [5.74, 6) is 0. The van der Waals surface area contributed by atoms with Crippen molar-refractivity contribution in [3.63, 3.8) is 0 Å². The van der Waals surface area contributed by atoms with Crippen LogP contribution in [-0.2, 0) is 25.9 Å². The Morgan fingerprint density at radius 3 is 2.81 bits per heavy atom. The van der Waals surface area contributed by atoms with Crippen molar-refractivity contribution < 1.29 is 0 Å². The second kappa shape index (κ2) is 7.70. The van der Waals surface area contributed by atoms with Crippen molar-refractivity contribution in [2.24, 2.45) is 5.41 Å². The van der Waals surface area contributed by atoms with Gasteiger partial charge in [0.05, 0.1) is 6.54 Å². The quantitative estimate of drug-likeness (QED) is 0.477. The second-order valence-corrected chi connectivity index (χ2v) is 10.9. The first-order chi connectivity index (χ1) is 12.9. The monoisotopic (exact) mass is 414 g/mol. The predicted octanol–water partition coefficient (Wildman–Crippen LogP) is 6.54. The molecule has 0 saturated carbocycles. The van der Waals surface area contributed by atoms with Gasteiger partial charge < -0.3 is 0 Å². The summed E-state index contributed by atoms with van der Waals surface area (Å²) >= 11 is 8.40. The van der Waals surface area contributed by atoms with E-state index in [1.807, 2.05) is 22.9 Å². The van der Waals surface area contributed by atoms with Gasteiger partial charge in [0.15, 0.2) is 0 Å². The third-order valence-electron chi connectivity index (χ3n) is 5.46.